The minimum absolute atomic E-state index is 0.281. The number of halogens is 5. The third kappa shape index (κ3) is 3.70. The van der Waals surface area contributed by atoms with Gasteiger partial charge in [0.25, 0.3) is 0 Å². The molecule has 0 N–H and O–H groups in total. The Hall–Kier alpha value is -1.08. The normalized spacial score (nSPS) is 11.4. The van der Waals surface area contributed by atoms with Gasteiger partial charge in [0, 0.05) is 10.7 Å². The van der Waals surface area contributed by atoms with E-state index in [-0.39, 0.29) is 11.6 Å². The Balaban J connectivity index is 2.20. The number of hydrogen-bond acceptors (Lipinski definition) is 2. The van der Waals surface area contributed by atoms with Crippen LogP contribution in [-0.4, -0.2) is 4.98 Å². The lowest BCUT2D eigenvalue weighted by Gasteiger charge is -2.09. The van der Waals surface area contributed by atoms with Gasteiger partial charge in [-0.05, 0) is 62.2 Å². The first-order valence-electron chi connectivity index (χ1n) is 5.02. The van der Waals surface area contributed by atoms with Crippen LogP contribution in [0.2, 0.25) is 0 Å². The van der Waals surface area contributed by atoms with Crippen molar-refractivity contribution in [1.29, 1.82) is 0 Å². The van der Waals surface area contributed by atoms with Crippen LogP contribution in [0.4, 0.5) is 13.2 Å². The average Bonchev–Trinajstić information content (AvgIpc) is 2.32. The van der Waals surface area contributed by atoms with Crippen LogP contribution in [0.5, 0.6) is 11.6 Å². The number of benzene rings is 1. The summed E-state index contributed by atoms with van der Waals surface area (Å²) in [6.45, 7) is 0. The first-order valence-corrected chi connectivity index (χ1v) is 6.61. The maximum Gasteiger partial charge on any atom is 0.416 e. The molecule has 2 aromatic rings. The van der Waals surface area contributed by atoms with Gasteiger partial charge in [-0.3, -0.25) is 0 Å². The van der Waals surface area contributed by atoms with Gasteiger partial charge in [-0.2, -0.15) is 13.2 Å². The summed E-state index contributed by atoms with van der Waals surface area (Å²) in [6, 6.07) is 6.15. The molecule has 0 radical (unpaired) electrons. The lowest BCUT2D eigenvalue weighted by atomic mass is 10.2. The van der Waals surface area contributed by atoms with Crippen LogP contribution < -0.4 is 4.74 Å². The lowest BCUT2D eigenvalue weighted by Crippen LogP contribution is -2.04. The largest absolute Gasteiger partial charge is 0.438 e. The molecule has 0 bridgehead atoms. The maximum absolute atomic E-state index is 12.4. The SMILES string of the molecule is FC(F)(F)c1ccc(Oc2ncc(Br)cc2Br)cc1. The van der Waals surface area contributed by atoms with Crippen LogP contribution >= 0.6 is 31.9 Å². The van der Waals surface area contributed by atoms with Gasteiger partial charge in [0.05, 0.1) is 10.0 Å². The maximum atomic E-state index is 12.4. The van der Waals surface area contributed by atoms with E-state index in [0.717, 1.165) is 16.6 Å². The van der Waals surface area contributed by atoms with Crippen molar-refractivity contribution in [3.05, 3.63) is 51.0 Å². The number of ether oxygens (including phenoxy) is 1. The van der Waals surface area contributed by atoms with E-state index in [1.807, 2.05) is 0 Å². The summed E-state index contributed by atoms with van der Waals surface area (Å²) in [5, 5.41) is 0. The fourth-order valence-electron chi connectivity index (χ4n) is 1.30. The smallest absolute Gasteiger partial charge is 0.416 e. The van der Waals surface area contributed by atoms with E-state index in [1.54, 1.807) is 6.07 Å². The zero-order chi connectivity index (χ0) is 14.0. The second kappa shape index (κ2) is 5.50. The Morgan fingerprint density at radius 3 is 2.21 bits per heavy atom. The molecule has 0 spiro atoms. The number of aromatic nitrogens is 1. The third-order valence-electron chi connectivity index (χ3n) is 2.17. The standard InChI is InChI=1S/C12H6Br2F3NO/c13-8-5-10(14)11(18-6-8)19-9-3-1-7(2-4-9)12(15,16)17/h1-6H. The van der Waals surface area contributed by atoms with Gasteiger partial charge in [-0.1, -0.05) is 0 Å². The summed E-state index contributed by atoms with van der Waals surface area (Å²) in [5.41, 5.74) is -0.720. The van der Waals surface area contributed by atoms with E-state index in [1.165, 1.54) is 18.3 Å². The third-order valence-corrected chi connectivity index (χ3v) is 3.17. The lowest BCUT2D eigenvalue weighted by molar-refractivity contribution is -0.137. The zero-order valence-corrected chi connectivity index (χ0v) is 12.4. The van der Waals surface area contributed by atoms with Crippen LogP contribution in [0.25, 0.3) is 0 Å². The molecule has 0 saturated heterocycles. The van der Waals surface area contributed by atoms with Crippen LogP contribution in [0.3, 0.4) is 0 Å². The van der Waals surface area contributed by atoms with E-state index in [4.69, 9.17) is 4.74 Å². The minimum Gasteiger partial charge on any atom is -0.438 e. The molecule has 0 saturated carbocycles. The summed E-state index contributed by atoms with van der Waals surface area (Å²) in [6.07, 6.45) is -2.82. The zero-order valence-electron chi connectivity index (χ0n) is 9.21. The van der Waals surface area contributed by atoms with E-state index in [0.29, 0.717) is 4.47 Å². The highest BCUT2D eigenvalue weighted by Gasteiger charge is 2.30. The molecule has 7 heteroatoms. The number of hydrogen-bond donors (Lipinski definition) is 0. The van der Waals surface area contributed by atoms with Gasteiger partial charge < -0.3 is 4.74 Å². The molecule has 2 rings (SSSR count). The number of alkyl halides is 3. The Morgan fingerprint density at radius 1 is 1.05 bits per heavy atom. The van der Waals surface area contributed by atoms with Crippen LogP contribution in [0, 0.1) is 0 Å². The second-order valence-electron chi connectivity index (χ2n) is 3.56. The molecular formula is C12H6Br2F3NO. The molecule has 1 aromatic carbocycles. The number of rotatable bonds is 2. The predicted molar refractivity (Wildman–Crippen MR) is 71.2 cm³/mol. The van der Waals surface area contributed by atoms with E-state index in [2.05, 4.69) is 36.8 Å². The van der Waals surface area contributed by atoms with Crippen molar-refractivity contribution in [3.8, 4) is 11.6 Å². The van der Waals surface area contributed by atoms with Crippen molar-refractivity contribution in [1.82, 2.24) is 4.98 Å². The van der Waals surface area contributed by atoms with Gasteiger partial charge in [-0.15, -0.1) is 0 Å². The predicted octanol–water partition coefficient (Wildman–Crippen LogP) is 5.42. The van der Waals surface area contributed by atoms with Crippen LogP contribution in [0.1, 0.15) is 5.56 Å². The average molecular weight is 397 g/mol. The molecular weight excluding hydrogens is 391 g/mol. The summed E-state index contributed by atoms with van der Waals surface area (Å²) < 4.78 is 43.9. The van der Waals surface area contributed by atoms with Gasteiger partial charge in [0.2, 0.25) is 5.88 Å². The molecule has 100 valence electrons. The quantitative estimate of drug-likeness (QED) is 0.676. The topological polar surface area (TPSA) is 22.1 Å². The van der Waals surface area contributed by atoms with Crippen molar-refractivity contribution in [2.75, 3.05) is 0 Å². The molecule has 0 aliphatic heterocycles. The highest BCUT2D eigenvalue weighted by atomic mass is 79.9. The van der Waals surface area contributed by atoms with Crippen molar-refractivity contribution in [3.63, 3.8) is 0 Å². The Kier molecular flexibility index (Phi) is 4.15. The summed E-state index contributed by atoms with van der Waals surface area (Å²) in [4.78, 5) is 4.01. The first kappa shape index (κ1) is 14.3. The summed E-state index contributed by atoms with van der Waals surface area (Å²) in [7, 11) is 0. The molecule has 0 aliphatic rings. The molecule has 2 nitrogen and oxygen atoms in total. The summed E-state index contributed by atoms with van der Waals surface area (Å²) >= 11 is 6.49. The van der Waals surface area contributed by atoms with Crippen molar-refractivity contribution >= 4 is 31.9 Å². The first-order chi connectivity index (χ1) is 8.86. The number of pyridine rings is 1. The Morgan fingerprint density at radius 2 is 1.68 bits per heavy atom. The van der Waals surface area contributed by atoms with Gasteiger partial charge in [0.1, 0.15) is 5.75 Å². The van der Waals surface area contributed by atoms with Crippen molar-refractivity contribution < 1.29 is 17.9 Å². The Bertz CT molecular complexity index is 585. The molecule has 1 heterocycles. The molecule has 0 fully saturated rings. The number of nitrogens with zero attached hydrogens (tertiary/aromatic N) is 1. The highest BCUT2D eigenvalue weighted by Crippen LogP contribution is 2.33. The fourth-order valence-corrected chi connectivity index (χ4v) is 2.37. The van der Waals surface area contributed by atoms with Gasteiger partial charge in [-0.25, -0.2) is 4.98 Å². The van der Waals surface area contributed by atoms with E-state index in [9.17, 15) is 13.2 Å². The van der Waals surface area contributed by atoms with E-state index < -0.39 is 11.7 Å². The van der Waals surface area contributed by atoms with Gasteiger partial charge >= 0.3 is 6.18 Å². The monoisotopic (exact) mass is 395 g/mol. The second-order valence-corrected chi connectivity index (χ2v) is 5.33. The van der Waals surface area contributed by atoms with Crippen LogP contribution in [0.15, 0.2) is 45.5 Å². The minimum atomic E-state index is -4.35. The molecule has 0 amide bonds. The fraction of sp³-hybridized carbons (Fsp3) is 0.0833. The molecule has 19 heavy (non-hydrogen) atoms. The molecule has 1 aromatic heterocycles. The van der Waals surface area contributed by atoms with Gasteiger partial charge in [0.15, 0.2) is 0 Å². The Labute approximate surface area is 123 Å². The van der Waals surface area contributed by atoms with Crippen molar-refractivity contribution in [2.45, 2.75) is 6.18 Å². The highest BCUT2D eigenvalue weighted by molar-refractivity contribution is 9.11. The van der Waals surface area contributed by atoms with E-state index >= 15 is 0 Å². The summed E-state index contributed by atoms with van der Waals surface area (Å²) in [5.74, 6) is 0.562. The molecule has 0 aliphatic carbocycles. The van der Waals surface area contributed by atoms with Crippen LogP contribution in [-0.2, 0) is 6.18 Å². The molecule has 0 atom stereocenters. The molecule has 0 unspecified atom stereocenters. The van der Waals surface area contributed by atoms with Crippen molar-refractivity contribution in [2.24, 2.45) is 0 Å².